The van der Waals surface area contributed by atoms with E-state index in [4.69, 9.17) is 0 Å². The smallest absolute Gasteiger partial charge is 0.233 e. The summed E-state index contributed by atoms with van der Waals surface area (Å²) >= 11 is 1.40. The highest BCUT2D eigenvalue weighted by atomic mass is 32.2. The van der Waals surface area contributed by atoms with Crippen molar-refractivity contribution < 1.29 is 14.0 Å². The standard InChI is InChI=1S/C14H17FN2O2S/c1-16(2)12(18)7-8-17-13(19)9-20-14(17)10-5-3-4-6-11(10)15/h3-6,14H,7-9H2,1-2H3/t14-/m1/s1. The molecular formula is C14H17FN2O2S. The molecule has 2 rings (SSSR count). The summed E-state index contributed by atoms with van der Waals surface area (Å²) in [6.07, 6.45) is 0.254. The summed E-state index contributed by atoms with van der Waals surface area (Å²) in [6.45, 7) is 0.321. The zero-order valence-corrected chi connectivity index (χ0v) is 12.3. The van der Waals surface area contributed by atoms with Gasteiger partial charge in [-0.05, 0) is 6.07 Å². The second-order valence-electron chi connectivity index (χ2n) is 4.81. The summed E-state index contributed by atoms with van der Waals surface area (Å²) < 4.78 is 13.8. The summed E-state index contributed by atoms with van der Waals surface area (Å²) in [6, 6.07) is 6.46. The summed E-state index contributed by atoms with van der Waals surface area (Å²) in [7, 11) is 3.36. The van der Waals surface area contributed by atoms with Crippen molar-refractivity contribution in [2.24, 2.45) is 0 Å². The predicted molar refractivity (Wildman–Crippen MR) is 76.6 cm³/mol. The van der Waals surface area contributed by atoms with Crippen molar-refractivity contribution in [3.05, 3.63) is 35.6 Å². The number of benzene rings is 1. The second kappa shape index (κ2) is 6.26. The Morgan fingerprint density at radius 1 is 1.45 bits per heavy atom. The van der Waals surface area contributed by atoms with Crippen LogP contribution in [0.3, 0.4) is 0 Å². The molecule has 108 valence electrons. The first-order valence-electron chi connectivity index (χ1n) is 6.36. The van der Waals surface area contributed by atoms with Gasteiger partial charge in [-0.25, -0.2) is 4.39 Å². The van der Waals surface area contributed by atoms with Crippen molar-refractivity contribution in [3.8, 4) is 0 Å². The van der Waals surface area contributed by atoms with Crippen LogP contribution in [-0.2, 0) is 9.59 Å². The minimum absolute atomic E-state index is 0.0398. The number of halogens is 1. The molecule has 0 bridgehead atoms. The van der Waals surface area contributed by atoms with Gasteiger partial charge < -0.3 is 9.80 Å². The molecule has 1 fully saturated rings. The zero-order chi connectivity index (χ0) is 14.7. The lowest BCUT2D eigenvalue weighted by Crippen LogP contribution is -2.33. The van der Waals surface area contributed by atoms with Crippen molar-refractivity contribution >= 4 is 23.6 Å². The lowest BCUT2D eigenvalue weighted by atomic mass is 10.2. The van der Waals surface area contributed by atoms with Crippen molar-refractivity contribution in [3.63, 3.8) is 0 Å². The van der Waals surface area contributed by atoms with Crippen LogP contribution in [0.2, 0.25) is 0 Å². The quantitative estimate of drug-likeness (QED) is 0.852. The van der Waals surface area contributed by atoms with Crippen LogP contribution in [0, 0.1) is 5.82 Å². The third-order valence-corrected chi connectivity index (χ3v) is 4.44. The number of hydrogen-bond donors (Lipinski definition) is 0. The minimum atomic E-state index is -0.335. The highest BCUT2D eigenvalue weighted by Crippen LogP contribution is 2.39. The lowest BCUT2D eigenvalue weighted by molar-refractivity contribution is -0.131. The van der Waals surface area contributed by atoms with Gasteiger partial charge in [0.1, 0.15) is 11.2 Å². The molecule has 1 aromatic rings. The van der Waals surface area contributed by atoms with Gasteiger partial charge >= 0.3 is 0 Å². The molecule has 20 heavy (non-hydrogen) atoms. The summed E-state index contributed by atoms with van der Waals surface area (Å²) in [4.78, 5) is 26.6. The van der Waals surface area contributed by atoms with E-state index in [0.29, 0.717) is 17.9 Å². The van der Waals surface area contributed by atoms with Gasteiger partial charge in [0.25, 0.3) is 0 Å². The third-order valence-electron chi connectivity index (χ3n) is 3.20. The molecule has 0 N–H and O–H groups in total. The maximum atomic E-state index is 13.8. The SMILES string of the molecule is CN(C)C(=O)CCN1C(=O)CS[C@@H]1c1ccccc1F. The first-order chi connectivity index (χ1) is 9.50. The van der Waals surface area contributed by atoms with Gasteiger partial charge in [0.2, 0.25) is 11.8 Å². The number of carbonyl (C=O) groups excluding carboxylic acids is 2. The Bertz CT molecular complexity index is 522. The lowest BCUT2D eigenvalue weighted by Gasteiger charge is -2.24. The van der Waals surface area contributed by atoms with Crippen molar-refractivity contribution in [2.45, 2.75) is 11.8 Å². The molecule has 2 amide bonds. The van der Waals surface area contributed by atoms with Crippen LogP contribution in [0.15, 0.2) is 24.3 Å². The molecule has 1 aliphatic rings. The van der Waals surface area contributed by atoms with E-state index in [1.165, 1.54) is 22.7 Å². The molecule has 0 saturated carbocycles. The molecule has 1 atom stereocenters. The van der Waals surface area contributed by atoms with Crippen LogP contribution in [0.4, 0.5) is 4.39 Å². The summed E-state index contributed by atoms with van der Waals surface area (Å²) in [5.41, 5.74) is 0.501. The van der Waals surface area contributed by atoms with E-state index in [1.54, 1.807) is 37.2 Å². The van der Waals surface area contributed by atoms with Crippen molar-refractivity contribution in [2.75, 3.05) is 26.4 Å². The van der Waals surface area contributed by atoms with Gasteiger partial charge in [-0.15, -0.1) is 11.8 Å². The Kier molecular flexibility index (Phi) is 4.65. The van der Waals surface area contributed by atoms with E-state index in [0.717, 1.165) is 0 Å². The van der Waals surface area contributed by atoms with Gasteiger partial charge in [-0.1, -0.05) is 18.2 Å². The fourth-order valence-electron chi connectivity index (χ4n) is 2.07. The van der Waals surface area contributed by atoms with Gasteiger partial charge in [-0.2, -0.15) is 0 Å². The van der Waals surface area contributed by atoms with E-state index in [1.807, 2.05) is 0 Å². The number of amides is 2. The van der Waals surface area contributed by atoms with E-state index >= 15 is 0 Å². The van der Waals surface area contributed by atoms with Crippen molar-refractivity contribution in [1.29, 1.82) is 0 Å². The number of rotatable bonds is 4. The molecule has 0 aliphatic carbocycles. The zero-order valence-electron chi connectivity index (χ0n) is 11.5. The summed E-state index contributed by atoms with van der Waals surface area (Å²) in [5, 5.41) is -0.335. The third kappa shape index (κ3) is 3.12. The average molecular weight is 296 g/mol. The molecule has 0 aromatic heterocycles. The van der Waals surface area contributed by atoms with Gasteiger partial charge in [0.15, 0.2) is 0 Å². The fourth-order valence-corrected chi connectivity index (χ4v) is 3.31. The Labute approximate surface area is 121 Å². The first kappa shape index (κ1) is 14.8. The van der Waals surface area contributed by atoms with Crippen LogP contribution in [0.5, 0.6) is 0 Å². The van der Waals surface area contributed by atoms with Crippen LogP contribution >= 0.6 is 11.8 Å². The maximum Gasteiger partial charge on any atom is 0.233 e. The Morgan fingerprint density at radius 3 is 2.80 bits per heavy atom. The molecule has 1 aromatic carbocycles. The molecule has 4 nitrogen and oxygen atoms in total. The molecule has 0 spiro atoms. The monoisotopic (exact) mass is 296 g/mol. The van der Waals surface area contributed by atoms with Gasteiger partial charge in [0.05, 0.1) is 5.75 Å². The molecule has 0 radical (unpaired) electrons. The van der Waals surface area contributed by atoms with Crippen LogP contribution in [0.1, 0.15) is 17.4 Å². The van der Waals surface area contributed by atoms with E-state index in [9.17, 15) is 14.0 Å². The van der Waals surface area contributed by atoms with Crippen LogP contribution in [-0.4, -0.2) is 48.0 Å². The molecule has 1 aliphatic heterocycles. The van der Waals surface area contributed by atoms with Gasteiger partial charge in [0, 0.05) is 32.6 Å². The number of nitrogens with zero attached hydrogens (tertiary/aromatic N) is 2. The molecule has 0 unspecified atom stereocenters. The summed E-state index contributed by atoms with van der Waals surface area (Å²) in [5.74, 6) is -0.0739. The van der Waals surface area contributed by atoms with Crippen molar-refractivity contribution in [1.82, 2.24) is 9.80 Å². The largest absolute Gasteiger partial charge is 0.349 e. The minimum Gasteiger partial charge on any atom is -0.349 e. The average Bonchev–Trinajstić information content (AvgIpc) is 2.77. The second-order valence-corrected chi connectivity index (χ2v) is 5.88. The Balaban J connectivity index is 2.11. The highest BCUT2D eigenvalue weighted by molar-refractivity contribution is 8.00. The van der Waals surface area contributed by atoms with Crippen LogP contribution < -0.4 is 0 Å². The van der Waals surface area contributed by atoms with E-state index in [-0.39, 0.29) is 29.4 Å². The highest BCUT2D eigenvalue weighted by Gasteiger charge is 2.34. The normalized spacial score (nSPS) is 18.4. The van der Waals surface area contributed by atoms with Crippen LogP contribution in [0.25, 0.3) is 0 Å². The number of hydrogen-bond acceptors (Lipinski definition) is 3. The fraction of sp³-hybridized carbons (Fsp3) is 0.429. The van der Waals surface area contributed by atoms with E-state index < -0.39 is 0 Å². The maximum absolute atomic E-state index is 13.8. The number of carbonyl (C=O) groups is 2. The molecule has 1 heterocycles. The topological polar surface area (TPSA) is 40.6 Å². The van der Waals surface area contributed by atoms with E-state index in [2.05, 4.69) is 0 Å². The predicted octanol–water partition coefficient (Wildman–Crippen LogP) is 1.88. The Hall–Kier alpha value is -1.56. The number of thioether (sulfide) groups is 1. The first-order valence-corrected chi connectivity index (χ1v) is 7.41. The molecule has 6 heteroatoms. The molecular weight excluding hydrogens is 279 g/mol. The Morgan fingerprint density at radius 2 is 2.15 bits per heavy atom. The van der Waals surface area contributed by atoms with Gasteiger partial charge in [-0.3, -0.25) is 9.59 Å². The molecule has 1 saturated heterocycles.